The van der Waals surface area contributed by atoms with Crippen LogP contribution in [-0.2, 0) is 5.41 Å². The quantitative estimate of drug-likeness (QED) is 0.213. The first-order chi connectivity index (χ1) is 20.2. The van der Waals surface area contributed by atoms with Crippen molar-refractivity contribution < 1.29 is 9.15 Å². The van der Waals surface area contributed by atoms with E-state index in [1.165, 1.54) is 11.1 Å². The van der Waals surface area contributed by atoms with E-state index in [0.717, 1.165) is 61.6 Å². The van der Waals surface area contributed by atoms with Crippen molar-refractivity contribution in [3.63, 3.8) is 0 Å². The SMILES string of the molecule is C=C/C=C\C1=C(C)C2(c3ccccc3Oc3cc4oc5ccccc5c4cc32)c2ccccc2N1c1ccccc1. The zero-order chi connectivity index (χ0) is 27.6. The topological polar surface area (TPSA) is 25.6 Å². The van der Waals surface area contributed by atoms with Crippen molar-refractivity contribution in [2.24, 2.45) is 0 Å². The number of hydrogen-bond donors (Lipinski definition) is 0. The Labute approximate surface area is 238 Å². The predicted octanol–water partition coefficient (Wildman–Crippen LogP) is 10.2. The van der Waals surface area contributed by atoms with Gasteiger partial charge in [-0.15, -0.1) is 0 Å². The molecule has 0 fully saturated rings. The predicted molar refractivity (Wildman–Crippen MR) is 167 cm³/mol. The van der Waals surface area contributed by atoms with Gasteiger partial charge >= 0.3 is 0 Å². The molecule has 196 valence electrons. The number of para-hydroxylation sites is 4. The largest absolute Gasteiger partial charge is 0.457 e. The maximum Gasteiger partial charge on any atom is 0.139 e. The second-order valence-corrected chi connectivity index (χ2v) is 10.6. The summed E-state index contributed by atoms with van der Waals surface area (Å²) >= 11 is 0. The molecule has 5 aromatic carbocycles. The van der Waals surface area contributed by atoms with Gasteiger partial charge in [-0.25, -0.2) is 0 Å². The highest BCUT2D eigenvalue weighted by Gasteiger charge is 2.50. The van der Waals surface area contributed by atoms with Gasteiger partial charge in [-0.3, -0.25) is 0 Å². The Balaban J connectivity index is 1.55. The average molecular weight is 530 g/mol. The Kier molecular flexibility index (Phi) is 5.10. The number of fused-ring (bicyclic) bond motifs is 9. The average Bonchev–Trinajstić information content (AvgIpc) is 3.38. The number of ether oxygens (including phenoxy) is 1. The molecule has 6 aromatic rings. The molecule has 0 radical (unpaired) electrons. The summed E-state index contributed by atoms with van der Waals surface area (Å²) in [5.74, 6) is 1.66. The van der Waals surface area contributed by atoms with Crippen molar-refractivity contribution in [3.05, 3.63) is 168 Å². The summed E-state index contributed by atoms with van der Waals surface area (Å²) in [7, 11) is 0. The van der Waals surface area contributed by atoms with Crippen LogP contribution in [0.3, 0.4) is 0 Å². The van der Waals surface area contributed by atoms with E-state index in [1.54, 1.807) is 0 Å². The first kappa shape index (κ1) is 23.6. The fourth-order valence-electron chi connectivity index (χ4n) is 6.84. The molecule has 3 nitrogen and oxygen atoms in total. The monoisotopic (exact) mass is 529 g/mol. The van der Waals surface area contributed by atoms with E-state index in [1.807, 2.05) is 30.4 Å². The van der Waals surface area contributed by atoms with Gasteiger partial charge in [-0.05, 0) is 60.5 Å². The van der Waals surface area contributed by atoms with Crippen LogP contribution in [0.4, 0.5) is 11.4 Å². The molecule has 1 spiro atoms. The summed E-state index contributed by atoms with van der Waals surface area (Å²) in [5.41, 5.74) is 9.10. The fourth-order valence-corrected chi connectivity index (χ4v) is 6.84. The molecule has 41 heavy (non-hydrogen) atoms. The van der Waals surface area contributed by atoms with Crippen LogP contribution in [0, 0.1) is 0 Å². The Morgan fingerprint density at radius 3 is 2.27 bits per heavy atom. The van der Waals surface area contributed by atoms with Crippen LogP contribution in [0.25, 0.3) is 21.9 Å². The second kappa shape index (κ2) is 8.87. The molecule has 0 saturated carbocycles. The lowest BCUT2D eigenvalue weighted by atomic mass is 9.61. The molecule has 0 N–H and O–H groups in total. The van der Waals surface area contributed by atoms with E-state index in [-0.39, 0.29) is 0 Å². The van der Waals surface area contributed by atoms with E-state index in [4.69, 9.17) is 9.15 Å². The minimum Gasteiger partial charge on any atom is -0.457 e. The Morgan fingerprint density at radius 1 is 0.683 bits per heavy atom. The van der Waals surface area contributed by atoms with Gasteiger partial charge in [0.2, 0.25) is 0 Å². The molecule has 0 bridgehead atoms. The van der Waals surface area contributed by atoms with Crippen molar-refractivity contribution in [3.8, 4) is 11.5 Å². The van der Waals surface area contributed by atoms with Crippen LogP contribution < -0.4 is 9.64 Å². The molecule has 1 atom stereocenters. The maximum atomic E-state index is 6.67. The first-order valence-electron chi connectivity index (χ1n) is 13.9. The third-order valence-electron chi connectivity index (χ3n) is 8.54. The van der Waals surface area contributed by atoms with E-state index >= 15 is 0 Å². The fraction of sp³-hybridized carbons (Fsp3) is 0.0526. The van der Waals surface area contributed by atoms with Gasteiger partial charge in [0, 0.05) is 39.4 Å². The van der Waals surface area contributed by atoms with Gasteiger partial charge in [0.05, 0.1) is 11.1 Å². The third kappa shape index (κ3) is 3.20. The van der Waals surface area contributed by atoms with Crippen LogP contribution in [-0.4, -0.2) is 0 Å². The molecule has 0 aliphatic carbocycles. The van der Waals surface area contributed by atoms with Crippen molar-refractivity contribution >= 4 is 33.3 Å². The third-order valence-corrected chi connectivity index (χ3v) is 8.54. The van der Waals surface area contributed by atoms with Crippen LogP contribution in [0.1, 0.15) is 23.6 Å². The number of benzene rings is 5. The van der Waals surface area contributed by atoms with Gasteiger partial charge in [0.25, 0.3) is 0 Å². The first-order valence-corrected chi connectivity index (χ1v) is 13.9. The summed E-state index contributed by atoms with van der Waals surface area (Å²) in [4.78, 5) is 2.36. The Hall–Kier alpha value is -5.28. The lowest BCUT2D eigenvalue weighted by molar-refractivity contribution is 0.431. The summed E-state index contributed by atoms with van der Waals surface area (Å²) in [5, 5.41) is 2.18. The maximum absolute atomic E-state index is 6.67. The lowest BCUT2D eigenvalue weighted by Crippen LogP contribution is -2.41. The summed E-state index contributed by atoms with van der Waals surface area (Å²) in [6.07, 6.45) is 6.04. The molecule has 0 saturated heterocycles. The summed E-state index contributed by atoms with van der Waals surface area (Å²) in [6, 6.07) is 40.4. The van der Waals surface area contributed by atoms with E-state index < -0.39 is 5.41 Å². The van der Waals surface area contributed by atoms with Crippen molar-refractivity contribution in [1.82, 2.24) is 0 Å². The van der Waals surface area contributed by atoms with Crippen molar-refractivity contribution in [2.45, 2.75) is 12.3 Å². The molecular weight excluding hydrogens is 502 g/mol. The molecule has 1 aromatic heterocycles. The highest BCUT2D eigenvalue weighted by molar-refractivity contribution is 6.06. The molecule has 3 heterocycles. The van der Waals surface area contributed by atoms with Crippen LogP contribution in [0.5, 0.6) is 11.5 Å². The molecule has 1 unspecified atom stereocenters. The molecule has 2 aliphatic heterocycles. The molecule has 2 aliphatic rings. The number of allylic oxidation sites excluding steroid dienone is 4. The minimum atomic E-state index is -0.598. The normalized spacial score (nSPS) is 17.5. The van der Waals surface area contributed by atoms with Crippen molar-refractivity contribution in [1.29, 1.82) is 0 Å². The molecule has 0 amide bonds. The standard InChI is InChI=1S/C38H27NO2/c1-3-4-19-32-25(2)38(29-17-9-11-20-33(29)39(32)26-14-6-5-7-15-26)30-18-10-13-22-35(30)41-37-24-36-28(23-31(37)38)27-16-8-12-21-34(27)40-36/h3-24H,1H2,2H3/b19-4-. The number of hydrogen-bond acceptors (Lipinski definition) is 3. The Morgan fingerprint density at radius 2 is 1.41 bits per heavy atom. The minimum absolute atomic E-state index is 0.598. The number of rotatable bonds is 3. The van der Waals surface area contributed by atoms with Gasteiger partial charge < -0.3 is 14.1 Å². The van der Waals surface area contributed by atoms with Crippen LogP contribution >= 0.6 is 0 Å². The highest BCUT2D eigenvalue weighted by atomic mass is 16.5. The lowest BCUT2D eigenvalue weighted by Gasteiger charge is -2.48. The second-order valence-electron chi connectivity index (χ2n) is 10.6. The van der Waals surface area contributed by atoms with E-state index in [2.05, 4.69) is 122 Å². The van der Waals surface area contributed by atoms with Crippen LogP contribution in [0.2, 0.25) is 0 Å². The number of anilines is 2. The number of nitrogens with zero attached hydrogens (tertiary/aromatic N) is 1. The summed E-state index contributed by atoms with van der Waals surface area (Å²) in [6.45, 7) is 6.25. The molecule has 8 rings (SSSR count). The smallest absolute Gasteiger partial charge is 0.139 e. The van der Waals surface area contributed by atoms with E-state index in [0.29, 0.717) is 0 Å². The van der Waals surface area contributed by atoms with Gasteiger partial charge in [0.1, 0.15) is 22.7 Å². The van der Waals surface area contributed by atoms with Crippen molar-refractivity contribution in [2.75, 3.05) is 4.90 Å². The molecule has 3 heteroatoms. The number of furan rings is 1. The summed E-state index contributed by atoms with van der Waals surface area (Å²) < 4.78 is 13.0. The molecular formula is C38H27NO2. The van der Waals surface area contributed by atoms with Gasteiger partial charge in [-0.2, -0.15) is 0 Å². The Bertz CT molecular complexity index is 2060. The van der Waals surface area contributed by atoms with Crippen LogP contribution in [0.15, 0.2) is 156 Å². The van der Waals surface area contributed by atoms with Gasteiger partial charge in [-0.1, -0.05) is 91.5 Å². The van der Waals surface area contributed by atoms with Gasteiger partial charge in [0.15, 0.2) is 0 Å². The zero-order valence-corrected chi connectivity index (χ0v) is 22.7. The van der Waals surface area contributed by atoms with E-state index in [9.17, 15) is 0 Å². The highest BCUT2D eigenvalue weighted by Crippen LogP contribution is 2.61. The zero-order valence-electron chi connectivity index (χ0n) is 22.7.